The van der Waals surface area contributed by atoms with Gasteiger partial charge in [0.05, 0.1) is 0 Å². The van der Waals surface area contributed by atoms with E-state index in [9.17, 15) is 8.42 Å². The van der Waals surface area contributed by atoms with Crippen molar-refractivity contribution in [3.8, 4) is 0 Å². The Labute approximate surface area is 88.5 Å². The van der Waals surface area contributed by atoms with Crippen LogP contribution in [0.5, 0.6) is 0 Å². The van der Waals surface area contributed by atoms with Crippen molar-refractivity contribution in [2.24, 2.45) is 5.14 Å². The second-order valence-corrected chi connectivity index (χ2v) is 5.02. The SMILES string of the molecule is CN(Cc1cccc(Cl)c1)S(N)(=O)=O. The number of hydrogen-bond acceptors (Lipinski definition) is 2. The molecule has 1 aromatic carbocycles. The van der Waals surface area contributed by atoms with E-state index in [1.54, 1.807) is 24.3 Å². The first-order valence-electron chi connectivity index (χ1n) is 3.88. The normalized spacial score (nSPS) is 12.0. The first-order chi connectivity index (χ1) is 6.39. The number of rotatable bonds is 3. The molecule has 0 saturated carbocycles. The molecule has 0 unspecified atom stereocenters. The molecule has 0 heterocycles. The van der Waals surface area contributed by atoms with Crippen LogP contribution in [0.2, 0.25) is 5.02 Å². The van der Waals surface area contributed by atoms with E-state index >= 15 is 0 Å². The molecule has 2 N–H and O–H groups in total. The van der Waals surface area contributed by atoms with Crippen LogP contribution in [0.3, 0.4) is 0 Å². The monoisotopic (exact) mass is 234 g/mol. The number of halogens is 1. The molecule has 14 heavy (non-hydrogen) atoms. The standard InChI is InChI=1S/C8H11ClN2O2S/c1-11(14(10,12)13)6-7-3-2-4-8(9)5-7/h2-5H,6H2,1H3,(H2,10,12,13). The van der Waals surface area contributed by atoms with E-state index in [-0.39, 0.29) is 6.54 Å². The Morgan fingerprint density at radius 1 is 1.50 bits per heavy atom. The van der Waals surface area contributed by atoms with Gasteiger partial charge in [-0.15, -0.1) is 0 Å². The second-order valence-electron chi connectivity index (χ2n) is 2.93. The van der Waals surface area contributed by atoms with Crippen molar-refractivity contribution in [1.29, 1.82) is 0 Å². The Balaban J connectivity index is 2.80. The van der Waals surface area contributed by atoms with Gasteiger partial charge in [0.2, 0.25) is 0 Å². The highest BCUT2D eigenvalue weighted by molar-refractivity contribution is 7.86. The van der Waals surface area contributed by atoms with E-state index in [2.05, 4.69) is 0 Å². The van der Waals surface area contributed by atoms with Gasteiger partial charge in [-0.2, -0.15) is 12.7 Å². The molecule has 6 heteroatoms. The third-order valence-corrected chi connectivity index (χ3v) is 2.96. The van der Waals surface area contributed by atoms with Crippen LogP contribution in [-0.4, -0.2) is 19.8 Å². The minimum absolute atomic E-state index is 0.222. The second kappa shape index (κ2) is 4.27. The number of nitrogens with zero attached hydrogens (tertiary/aromatic N) is 1. The summed E-state index contributed by atoms with van der Waals surface area (Å²) in [7, 11) is -2.21. The predicted molar refractivity (Wildman–Crippen MR) is 56.0 cm³/mol. The Hall–Kier alpha value is -0.620. The fourth-order valence-electron chi connectivity index (χ4n) is 0.982. The highest BCUT2D eigenvalue weighted by Gasteiger charge is 2.11. The van der Waals surface area contributed by atoms with Gasteiger partial charge in [0.15, 0.2) is 0 Å². The summed E-state index contributed by atoms with van der Waals surface area (Å²) in [5, 5.41) is 5.50. The summed E-state index contributed by atoms with van der Waals surface area (Å²) in [4.78, 5) is 0. The molecule has 1 rings (SSSR count). The highest BCUT2D eigenvalue weighted by atomic mass is 35.5. The quantitative estimate of drug-likeness (QED) is 0.847. The Bertz CT molecular complexity index is 419. The molecule has 1 aromatic rings. The predicted octanol–water partition coefficient (Wildman–Crippen LogP) is 0.975. The summed E-state index contributed by atoms with van der Waals surface area (Å²) in [5.41, 5.74) is 0.800. The molecule has 0 saturated heterocycles. The lowest BCUT2D eigenvalue weighted by molar-refractivity contribution is 0.468. The highest BCUT2D eigenvalue weighted by Crippen LogP contribution is 2.12. The van der Waals surface area contributed by atoms with Crippen LogP contribution < -0.4 is 5.14 Å². The zero-order valence-corrected chi connectivity index (χ0v) is 9.22. The van der Waals surface area contributed by atoms with Gasteiger partial charge in [-0.3, -0.25) is 0 Å². The van der Waals surface area contributed by atoms with Gasteiger partial charge in [-0.25, -0.2) is 5.14 Å². The Kier molecular flexibility index (Phi) is 3.49. The van der Waals surface area contributed by atoms with Crippen LogP contribution in [0.25, 0.3) is 0 Å². The first-order valence-corrected chi connectivity index (χ1v) is 5.76. The van der Waals surface area contributed by atoms with Crippen molar-refractivity contribution in [1.82, 2.24) is 4.31 Å². The van der Waals surface area contributed by atoms with Gasteiger partial charge in [-0.1, -0.05) is 23.7 Å². The van der Waals surface area contributed by atoms with E-state index in [1.165, 1.54) is 7.05 Å². The maximum atomic E-state index is 10.9. The number of hydrogen-bond donors (Lipinski definition) is 1. The Morgan fingerprint density at radius 3 is 2.64 bits per heavy atom. The molecule has 0 bridgehead atoms. The minimum atomic E-state index is -3.62. The van der Waals surface area contributed by atoms with Crippen LogP contribution in [0.4, 0.5) is 0 Å². The van der Waals surface area contributed by atoms with Crippen molar-refractivity contribution in [2.45, 2.75) is 6.54 Å². The van der Waals surface area contributed by atoms with Crippen LogP contribution in [0.15, 0.2) is 24.3 Å². The zero-order chi connectivity index (χ0) is 10.8. The maximum Gasteiger partial charge on any atom is 0.276 e. The van der Waals surface area contributed by atoms with Gasteiger partial charge in [0.25, 0.3) is 10.2 Å². The van der Waals surface area contributed by atoms with Crippen LogP contribution in [-0.2, 0) is 16.8 Å². The largest absolute Gasteiger partial charge is 0.276 e. The van der Waals surface area contributed by atoms with Crippen LogP contribution in [0, 0.1) is 0 Å². The summed E-state index contributed by atoms with van der Waals surface area (Å²) in [6.45, 7) is 0.222. The van der Waals surface area contributed by atoms with Crippen molar-refractivity contribution in [3.63, 3.8) is 0 Å². The van der Waals surface area contributed by atoms with E-state index in [0.717, 1.165) is 9.87 Å². The van der Waals surface area contributed by atoms with E-state index in [0.29, 0.717) is 5.02 Å². The lowest BCUT2D eigenvalue weighted by Crippen LogP contribution is -2.32. The minimum Gasteiger partial charge on any atom is -0.216 e. The molecule has 0 atom stereocenters. The van der Waals surface area contributed by atoms with Gasteiger partial charge in [0, 0.05) is 18.6 Å². The molecule has 0 amide bonds. The summed E-state index contributed by atoms with van der Waals surface area (Å²) in [6.07, 6.45) is 0. The summed E-state index contributed by atoms with van der Waals surface area (Å²) in [6, 6.07) is 6.97. The molecule has 0 aliphatic carbocycles. The van der Waals surface area contributed by atoms with Crippen LogP contribution >= 0.6 is 11.6 Å². The van der Waals surface area contributed by atoms with Gasteiger partial charge in [0.1, 0.15) is 0 Å². The molecule has 0 spiro atoms. The third kappa shape index (κ3) is 3.26. The molecule has 0 aliphatic heterocycles. The molecular formula is C8H11ClN2O2S. The van der Waals surface area contributed by atoms with E-state index in [1.807, 2.05) is 0 Å². The van der Waals surface area contributed by atoms with E-state index in [4.69, 9.17) is 16.7 Å². The van der Waals surface area contributed by atoms with Crippen molar-refractivity contribution in [2.75, 3.05) is 7.05 Å². The Morgan fingerprint density at radius 2 is 2.14 bits per heavy atom. The van der Waals surface area contributed by atoms with Gasteiger partial charge in [-0.05, 0) is 17.7 Å². The first kappa shape index (κ1) is 11.5. The van der Waals surface area contributed by atoms with Gasteiger partial charge < -0.3 is 0 Å². The van der Waals surface area contributed by atoms with Crippen molar-refractivity contribution in [3.05, 3.63) is 34.9 Å². The summed E-state index contributed by atoms with van der Waals surface area (Å²) >= 11 is 5.74. The summed E-state index contributed by atoms with van der Waals surface area (Å²) in [5.74, 6) is 0. The molecule has 0 aromatic heterocycles. The van der Waals surface area contributed by atoms with Gasteiger partial charge >= 0.3 is 0 Å². The van der Waals surface area contributed by atoms with Crippen LogP contribution in [0.1, 0.15) is 5.56 Å². The number of nitrogens with two attached hydrogens (primary N) is 1. The average molecular weight is 235 g/mol. The third-order valence-electron chi connectivity index (χ3n) is 1.73. The molecule has 4 nitrogen and oxygen atoms in total. The summed E-state index contributed by atoms with van der Waals surface area (Å²) < 4.78 is 22.8. The molecule has 0 radical (unpaired) electrons. The lowest BCUT2D eigenvalue weighted by atomic mass is 10.2. The average Bonchev–Trinajstić information content (AvgIpc) is 2.02. The zero-order valence-electron chi connectivity index (χ0n) is 7.64. The lowest BCUT2D eigenvalue weighted by Gasteiger charge is -2.13. The van der Waals surface area contributed by atoms with Crippen molar-refractivity contribution >= 4 is 21.8 Å². The fraction of sp³-hybridized carbons (Fsp3) is 0.250. The van der Waals surface area contributed by atoms with E-state index < -0.39 is 10.2 Å². The fourth-order valence-corrected chi connectivity index (χ4v) is 1.52. The van der Waals surface area contributed by atoms with Crippen molar-refractivity contribution < 1.29 is 8.42 Å². The molecule has 0 fully saturated rings. The molecule has 78 valence electrons. The topological polar surface area (TPSA) is 63.4 Å². The molecule has 0 aliphatic rings. The maximum absolute atomic E-state index is 10.9. The molecular weight excluding hydrogens is 224 g/mol. The number of benzene rings is 1. The smallest absolute Gasteiger partial charge is 0.216 e.